The molecule has 0 aliphatic carbocycles. The summed E-state index contributed by atoms with van der Waals surface area (Å²) >= 11 is 1.80. The van der Waals surface area contributed by atoms with Crippen molar-refractivity contribution in [3.63, 3.8) is 0 Å². The normalized spacial score (nSPS) is 12.7. The number of rotatable bonds is 5. The zero-order valence-corrected chi connectivity index (χ0v) is 12.8. The number of halogens is 1. The molecule has 0 saturated carbocycles. The molecule has 1 atom stereocenters. The molecule has 1 unspecified atom stereocenters. The minimum absolute atomic E-state index is 0.177. The lowest BCUT2D eigenvalue weighted by molar-refractivity contribution is 0.557. The first-order valence-corrected chi connectivity index (χ1v) is 8.01. The molecule has 1 nitrogen and oxygen atoms in total. The van der Waals surface area contributed by atoms with Crippen molar-refractivity contribution in [1.29, 1.82) is 0 Å². The maximum atomic E-state index is 13.0. The van der Waals surface area contributed by atoms with E-state index in [1.165, 1.54) is 27.8 Å². The monoisotopic (exact) mass is 299 g/mol. The summed E-state index contributed by atoms with van der Waals surface area (Å²) in [5.41, 5.74) is 2.55. The van der Waals surface area contributed by atoms with Gasteiger partial charge in [0, 0.05) is 10.7 Å². The average molecular weight is 299 g/mol. The van der Waals surface area contributed by atoms with Gasteiger partial charge in [-0.25, -0.2) is 4.39 Å². The van der Waals surface area contributed by atoms with Crippen molar-refractivity contribution in [2.24, 2.45) is 0 Å². The molecule has 3 rings (SSSR count). The quantitative estimate of drug-likeness (QED) is 0.735. The molecule has 3 aromatic rings. The highest BCUT2D eigenvalue weighted by atomic mass is 32.1. The summed E-state index contributed by atoms with van der Waals surface area (Å²) in [7, 11) is 1.99. The molecule has 1 heterocycles. The van der Waals surface area contributed by atoms with Gasteiger partial charge in [-0.1, -0.05) is 30.3 Å². The van der Waals surface area contributed by atoms with E-state index in [1.54, 1.807) is 11.3 Å². The minimum Gasteiger partial charge on any atom is -0.316 e. The van der Waals surface area contributed by atoms with Crippen LogP contribution in [-0.4, -0.2) is 13.1 Å². The topological polar surface area (TPSA) is 12.0 Å². The molecule has 0 spiro atoms. The van der Waals surface area contributed by atoms with E-state index in [0.717, 1.165) is 18.4 Å². The number of benzene rings is 2. The Morgan fingerprint density at radius 3 is 2.57 bits per heavy atom. The second kappa shape index (κ2) is 6.37. The Kier molecular flexibility index (Phi) is 4.32. The maximum Gasteiger partial charge on any atom is 0.123 e. The summed E-state index contributed by atoms with van der Waals surface area (Å²) in [6.45, 7) is 0. The SMILES string of the molecule is CNC(Cc1ccc(F)cc1)Cc1csc2ccccc12. The average Bonchev–Trinajstić information content (AvgIpc) is 2.92. The molecule has 2 aromatic carbocycles. The van der Waals surface area contributed by atoms with Crippen LogP contribution < -0.4 is 5.32 Å². The van der Waals surface area contributed by atoms with Crippen LogP contribution in [0.3, 0.4) is 0 Å². The number of thiophene rings is 1. The lowest BCUT2D eigenvalue weighted by atomic mass is 9.99. The van der Waals surface area contributed by atoms with E-state index in [4.69, 9.17) is 0 Å². The molecule has 0 aliphatic rings. The molecule has 0 aliphatic heterocycles. The Morgan fingerprint density at radius 2 is 1.81 bits per heavy atom. The summed E-state index contributed by atoms with van der Waals surface area (Å²) < 4.78 is 14.3. The first-order chi connectivity index (χ1) is 10.3. The largest absolute Gasteiger partial charge is 0.316 e. The number of hydrogen-bond donors (Lipinski definition) is 1. The molecular weight excluding hydrogens is 281 g/mol. The third-order valence-electron chi connectivity index (χ3n) is 3.83. The van der Waals surface area contributed by atoms with Gasteiger partial charge >= 0.3 is 0 Å². The van der Waals surface area contributed by atoms with Gasteiger partial charge in [0.15, 0.2) is 0 Å². The van der Waals surface area contributed by atoms with Gasteiger partial charge in [-0.3, -0.25) is 0 Å². The van der Waals surface area contributed by atoms with Gasteiger partial charge in [0.05, 0.1) is 0 Å². The Labute approximate surface area is 128 Å². The minimum atomic E-state index is -0.177. The molecule has 1 aromatic heterocycles. The van der Waals surface area contributed by atoms with E-state index in [-0.39, 0.29) is 5.82 Å². The fourth-order valence-corrected chi connectivity index (χ4v) is 3.61. The number of fused-ring (bicyclic) bond motifs is 1. The molecule has 0 amide bonds. The van der Waals surface area contributed by atoms with E-state index < -0.39 is 0 Å². The Balaban J connectivity index is 1.76. The van der Waals surface area contributed by atoms with Crippen molar-refractivity contribution in [2.75, 3.05) is 7.05 Å². The number of hydrogen-bond acceptors (Lipinski definition) is 2. The zero-order chi connectivity index (χ0) is 14.7. The highest BCUT2D eigenvalue weighted by molar-refractivity contribution is 7.17. The molecule has 21 heavy (non-hydrogen) atoms. The molecule has 0 fully saturated rings. The zero-order valence-electron chi connectivity index (χ0n) is 12.0. The van der Waals surface area contributed by atoms with Crippen LogP contribution in [0.15, 0.2) is 53.9 Å². The summed E-state index contributed by atoms with van der Waals surface area (Å²) in [5.74, 6) is -0.177. The summed E-state index contributed by atoms with van der Waals surface area (Å²) in [4.78, 5) is 0. The van der Waals surface area contributed by atoms with Crippen molar-refractivity contribution in [1.82, 2.24) is 5.32 Å². The molecule has 0 bridgehead atoms. The van der Waals surface area contributed by atoms with Crippen molar-refractivity contribution in [3.8, 4) is 0 Å². The van der Waals surface area contributed by atoms with Crippen molar-refractivity contribution >= 4 is 21.4 Å². The second-order valence-electron chi connectivity index (χ2n) is 5.28. The number of likely N-dealkylation sites (N-methyl/N-ethyl adjacent to an activating group) is 1. The van der Waals surface area contributed by atoms with Crippen LogP contribution in [0.25, 0.3) is 10.1 Å². The van der Waals surface area contributed by atoms with Gasteiger partial charge in [-0.2, -0.15) is 0 Å². The van der Waals surface area contributed by atoms with Crippen molar-refractivity contribution in [3.05, 3.63) is 70.9 Å². The van der Waals surface area contributed by atoms with Gasteiger partial charge in [0.2, 0.25) is 0 Å². The fourth-order valence-electron chi connectivity index (χ4n) is 2.64. The summed E-state index contributed by atoms with van der Waals surface area (Å²) in [6.07, 6.45) is 1.89. The predicted molar refractivity (Wildman–Crippen MR) is 88.5 cm³/mol. The predicted octanol–water partition coefficient (Wildman–Crippen LogP) is 4.41. The van der Waals surface area contributed by atoms with Gasteiger partial charge in [-0.15, -0.1) is 11.3 Å². The van der Waals surface area contributed by atoms with Gasteiger partial charge in [0.25, 0.3) is 0 Å². The summed E-state index contributed by atoms with van der Waals surface area (Å²) in [6, 6.07) is 15.7. The Bertz CT molecular complexity index is 717. The third-order valence-corrected chi connectivity index (χ3v) is 4.84. The molecule has 1 N–H and O–H groups in total. The Morgan fingerprint density at radius 1 is 1.05 bits per heavy atom. The first-order valence-electron chi connectivity index (χ1n) is 7.13. The molecular formula is C18H18FNS. The van der Waals surface area contributed by atoms with Crippen LogP contribution in [-0.2, 0) is 12.8 Å². The van der Waals surface area contributed by atoms with Crippen molar-refractivity contribution in [2.45, 2.75) is 18.9 Å². The van der Waals surface area contributed by atoms with Gasteiger partial charge < -0.3 is 5.32 Å². The van der Waals surface area contributed by atoms with Crippen LogP contribution in [0.1, 0.15) is 11.1 Å². The van der Waals surface area contributed by atoms with Crippen LogP contribution in [0.5, 0.6) is 0 Å². The molecule has 108 valence electrons. The van der Waals surface area contributed by atoms with Crippen molar-refractivity contribution < 1.29 is 4.39 Å². The van der Waals surface area contributed by atoms with Crippen LogP contribution in [0.4, 0.5) is 4.39 Å². The molecule has 0 saturated heterocycles. The van der Waals surface area contributed by atoms with E-state index in [1.807, 2.05) is 19.2 Å². The van der Waals surface area contributed by atoms with Gasteiger partial charge in [0.1, 0.15) is 5.82 Å². The highest BCUT2D eigenvalue weighted by Crippen LogP contribution is 2.27. The smallest absolute Gasteiger partial charge is 0.123 e. The molecule has 0 radical (unpaired) electrons. The standard InChI is InChI=1S/C18H18FNS/c1-20-16(10-13-6-8-15(19)9-7-13)11-14-12-21-18-5-3-2-4-17(14)18/h2-9,12,16,20H,10-11H2,1H3. The second-order valence-corrected chi connectivity index (χ2v) is 6.19. The Hall–Kier alpha value is -1.71. The van der Waals surface area contributed by atoms with Crippen LogP contribution >= 0.6 is 11.3 Å². The number of nitrogens with one attached hydrogen (secondary N) is 1. The summed E-state index contributed by atoms with van der Waals surface area (Å²) in [5, 5.41) is 6.98. The first kappa shape index (κ1) is 14.2. The van der Waals surface area contributed by atoms with Crippen LogP contribution in [0, 0.1) is 5.82 Å². The maximum absolute atomic E-state index is 13.0. The van der Waals surface area contributed by atoms with E-state index in [9.17, 15) is 4.39 Å². The van der Waals surface area contributed by atoms with Gasteiger partial charge in [-0.05, 0) is 60.0 Å². The van der Waals surface area contributed by atoms with E-state index in [2.05, 4.69) is 35.0 Å². The third kappa shape index (κ3) is 3.31. The lowest BCUT2D eigenvalue weighted by Crippen LogP contribution is -2.29. The van der Waals surface area contributed by atoms with Crippen LogP contribution in [0.2, 0.25) is 0 Å². The highest BCUT2D eigenvalue weighted by Gasteiger charge is 2.12. The fraction of sp³-hybridized carbons (Fsp3) is 0.222. The lowest BCUT2D eigenvalue weighted by Gasteiger charge is -2.16. The van der Waals surface area contributed by atoms with E-state index in [0.29, 0.717) is 6.04 Å². The molecule has 3 heteroatoms. The van der Waals surface area contributed by atoms with E-state index >= 15 is 0 Å².